The maximum atomic E-state index is 11.4. The smallest absolute Gasteiger partial charge is 0.426 e. The quantitative estimate of drug-likeness (QED) is 0.751. The molecule has 0 aliphatic rings. The maximum absolute atomic E-state index is 11.4. The molecule has 1 aromatic heterocycles. The lowest BCUT2D eigenvalue weighted by atomic mass is 10.2. The highest BCUT2D eigenvalue weighted by atomic mass is 16.5. The van der Waals surface area contributed by atoms with Crippen LogP contribution in [0.1, 0.15) is 5.56 Å². The van der Waals surface area contributed by atoms with Gasteiger partial charge in [-0.3, -0.25) is 0 Å². The maximum Gasteiger partial charge on any atom is 0.511 e. The van der Waals surface area contributed by atoms with Gasteiger partial charge >= 0.3 is 6.09 Å². The molecule has 2 aromatic rings. The number of carbonyl (C=O) groups is 1. The SMILES string of the molecule is O=C(OCc1ccccc1)[n+]1cc[nH]c1. The summed E-state index contributed by atoms with van der Waals surface area (Å²) in [6.45, 7) is 0.290. The van der Waals surface area contributed by atoms with Gasteiger partial charge in [0.2, 0.25) is 0 Å². The van der Waals surface area contributed by atoms with E-state index in [-0.39, 0.29) is 12.7 Å². The Labute approximate surface area is 87.1 Å². The average molecular weight is 203 g/mol. The second kappa shape index (κ2) is 4.41. The van der Waals surface area contributed by atoms with Crippen molar-refractivity contribution in [2.75, 3.05) is 0 Å². The predicted molar refractivity (Wildman–Crippen MR) is 53.0 cm³/mol. The fraction of sp³-hybridized carbons (Fsp3) is 0.0909. The summed E-state index contributed by atoms with van der Waals surface area (Å²) in [5.41, 5.74) is 0.974. The molecule has 0 bridgehead atoms. The van der Waals surface area contributed by atoms with Crippen LogP contribution in [0, 0.1) is 0 Å². The Morgan fingerprint density at radius 2 is 2.13 bits per heavy atom. The molecule has 0 saturated carbocycles. The topological polar surface area (TPSA) is 46.0 Å². The van der Waals surface area contributed by atoms with Crippen molar-refractivity contribution in [2.24, 2.45) is 0 Å². The highest BCUT2D eigenvalue weighted by Crippen LogP contribution is 2.00. The van der Waals surface area contributed by atoms with Crippen molar-refractivity contribution in [3.8, 4) is 0 Å². The van der Waals surface area contributed by atoms with Crippen LogP contribution in [0.15, 0.2) is 49.1 Å². The number of rotatable bonds is 2. The van der Waals surface area contributed by atoms with Gasteiger partial charge in [-0.1, -0.05) is 30.3 Å². The number of hydrogen-bond acceptors (Lipinski definition) is 2. The normalized spacial score (nSPS) is 9.87. The summed E-state index contributed by atoms with van der Waals surface area (Å²) in [6.07, 6.45) is 4.41. The van der Waals surface area contributed by atoms with E-state index in [4.69, 9.17) is 4.74 Å². The van der Waals surface area contributed by atoms with Crippen molar-refractivity contribution in [3.63, 3.8) is 0 Å². The molecule has 0 atom stereocenters. The van der Waals surface area contributed by atoms with Gasteiger partial charge in [-0.25, -0.2) is 4.98 Å². The zero-order chi connectivity index (χ0) is 10.5. The van der Waals surface area contributed by atoms with Crippen LogP contribution in [0.3, 0.4) is 0 Å². The van der Waals surface area contributed by atoms with E-state index in [1.165, 1.54) is 10.9 Å². The molecule has 0 aliphatic heterocycles. The molecule has 0 radical (unpaired) electrons. The van der Waals surface area contributed by atoms with E-state index in [1.807, 2.05) is 30.3 Å². The number of nitrogens with zero attached hydrogens (tertiary/aromatic N) is 1. The number of aromatic nitrogens is 2. The van der Waals surface area contributed by atoms with Gasteiger partial charge in [0.15, 0.2) is 0 Å². The number of nitrogens with one attached hydrogen (secondary N) is 1. The van der Waals surface area contributed by atoms with Gasteiger partial charge in [0.1, 0.15) is 19.0 Å². The number of aromatic amines is 1. The minimum Gasteiger partial charge on any atom is -0.426 e. The third kappa shape index (κ3) is 2.43. The first kappa shape index (κ1) is 9.45. The van der Waals surface area contributed by atoms with Crippen LogP contribution in [-0.2, 0) is 11.3 Å². The Balaban J connectivity index is 1.92. The van der Waals surface area contributed by atoms with E-state index in [0.717, 1.165) is 5.56 Å². The number of imidazole rings is 1. The number of hydrogen-bond donors (Lipinski definition) is 1. The average Bonchev–Trinajstić information content (AvgIpc) is 2.81. The molecule has 4 heteroatoms. The van der Waals surface area contributed by atoms with E-state index < -0.39 is 0 Å². The number of benzene rings is 1. The van der Waals surface area contributed by atoms with E-state index in [2.05, 4.69) is 4.98 Å². The van der Waals surface area contributed by atoms with Crippen LogP contribution in [0.4, 0.5) is 4.79 Å². The Morgan fingerprint density at radius 3 is 2.80 bits per heavy atom. The second-order valence-electron chi connectivity index (χ2n) is 3.06. The molecule has 76 valence electrons. The minimum absolute atomic E-state index is 0.290. The highest BCUT2D eigenvalue weighted by molar-refractivity contribution is 5.56. The summed E-state index contributed by atoms with van der Waals surface area (Å²) in [6, 6.07) is 9.57. The van der Waals surface area contributed by atoms with Crippen LogP contribution < -0.4 is 4.57 Å². The van der Waals surface area contributed by atoms with Crippen LogP contribution in [-0.4, -0.2) is 11.1 Å². The van der Waals surface area contributed by atoms with Gasteiger partial charge in [-0.2, -0.15) is 4.79 Å². The van der Waals surface area contributed by atoms with Gasteiger partial charge in [0.25, 0.3) is 6.33 Å². The highest BCUT2D eigenvalue weighted by Gasteiger charge is 2.10. The third-order valence-electron chi connectivity index (χ3n) is 1.96. The second-order valence-corrected chi connectivity index (χ2v) is 3.06. The summed E-state index contributed by atoms with van der Waals surface area (Å²) in [4.78, 5) is 14.2. The molecule has 1 heterocycles. The molecule has 1 N–H and O–H groups in total. The van der Waals surface area contributed by atoms with E-state index in [1.54, 1.807) is 12.4 Å². The van der Waals surface area contributed by atoms with E-state index >= 15 is 0 Å². The fourth-order valence-corrected chi connectivity index (χ4v) is 1.20. The number of ether oxygens (including phenoxy) is 1. The Morgan fingerprint density at radius 1 is 1.33 bits per heavy atom. The van der Waals surface area contributed by atoms with Crippen molar-refractivity contribution in [2.45, 2.75) is 6.61 Å². The Hall–Kier alpha value is -2.10. The zero-order valence-electron chi connectivity index (χ0n) is 8.09. The van der Waals surface area contributed by atoms with Gasteiger partial charge in [0, 0.05) is 0 Å². The van der Waals surface area contributed by atoms with Crippen LogP contribution in [0.25, 0.3) is 0 Å². The van der Waals surface area contributed by atoms with Crippen molar-refractivity contribution in [3.05, 3.63) is 54.6 Å². The lowest BCUT2D eigenvalue weighted by Gasteiger charge is -2.00. The number of carbonyl (C=O) groups excluding carboxylic acids is 1. The van der Waals surface area contributed by atoms with Crippen molar-refractivity contribution < 1.29 is 14.1 Å². The minimum atomic E-state index is -0.389. The molecule has 1 aromatic carbocycles. The zero-order valence-corrected chi connectivity index (χ0v) is 8.09. The standard InChI is InChI=1S/C11H10N2O2/c14-11(13-7-6-12-9-13)15-8-10-4-2-1-3-5-10/h1-7,9H,8H2/p+1. The summed E-state index contributed by atoms with van der Waals surface area (Å²) >= 11 is 0. The predicted octanol–water partition coefficient (Wildman–Crippen LogP) is 1.49. The number of H-pyrrole nitrogens is 1. The molecule has 0 amide bonds. The lowest BCUT2D eigenvalue weighted by molar-refractivity contribution is -0.585. The van der Waals surface area contributed by atoms with Crippen molar-refractivity contribution in [1.29, 1.82) is 0 Å². The molecule has 2 rings (SSSR count). The fourth-order valence-electron chi connectivity index (χ4n) is 1.20. The Bertz CT molecular complexity index is 423. The van der Waals surface area contributed by atoms with Gasteiger partial charge < -0.3 is 4.74 Å². The van der Waals surface area contributed by atoms with E-state index in [9.17, 15) is 4.79 Å². The molecule has 0 aliphatic carbocycles. The molecular formula is C11H11N2O2+. The summed E-state index contributed by atoms with van der Waals surface area (Å²) in [5.74, 6) is 0. The first-order chi connectivity index (χ1) is 7.36. The summed E-state index contributed by atoms with van der Waals surface area (Å²) < 4.78 is 6.43. The van der Waals surface area contributed by atoms with Gasteiger partial charge in [-0.05, 0) is 5.56 Å². The van der Waals surface area contributed by atoms with Gasteiger partial charge in [-0.15, -0.1) is 4.57 Å². The largest absolute Gasteiger partial charge is 0.511 e. The van der Waals surface area contributed by atoms with Crippen LogP contribution in [0.2, 0.25) is 0 Å². The molecule has 0 unspecified atom stereocenters. The lowest BCUT2D eigenvalue weighted by Crippen LogP contribution is -2.40. The Kier molecular flexibility index (Phi) is 2.78. The molecule has 4 nitrogen and oxygen atoms in total. The van der Waals surface area contributed by atoms with Crippen molar-refractivity contribution >= 4 is 6.09 Å². The monoisotopic (exact) mass is 203 g/mol. The molecular weight excluding hydrogens is 192 g/mol. The molecule has 0 spiro atoms. The third-order valence-corrected chi connectivity index (χ3v) is 1.96. The molecule has 0 fully saturated rings. The molecule has 15 heavy (non-hydrogen) atoms. The van der Waals surface area contributed by atoms with E-state index in [0.29, 0.717) is 0 Å². The summed E-state index contributed by atoms with van der Waals surface area (Å²) in [7, 11) is 0. The first-order valence-electron chi connectivity index (χ1n) is 4.61. The first-order valence-corrected chi connectivity index (χ1v) is 4.61. The van der Waals surface area contributed by atoms with Gasteiger partial charge in [0.05, 0.1) is 0 Å². The summed E-state index contributed by atoms with van der Waals surface area (Å²) in [5, 5.41) is 0. The van der Waals surface area contributed by atoms with Crippen molar-refractivity contribution in [1.82, 2.24) is 4.98 Å². The molecule has 0 saturated heterocycles. The van der Waals surface area contributed by atoms with Crippen LogP contribution >= 0.6 is 0 Å². The van der Waals surface area contributed by atoms with Crippen LogP contribution in [0.5, 0.6) is 0 Å².